The van der Waals surface area contributed by atoms with Gasteiger partial charge < -0.3 is 19.1 Å². The van der Waals surface area contributed by atoms with E-state index in [-0.39, 0.29) is 0 Å². The third-order valence-electron chi connectivity index (χ3n) is 2.32. The Morgan fingerprint density at radius 2 is 1.24 bits per heavy atom. The van der Waals surface area contributed by atoms with E-state index in [1.165, 1.54) is 12.8 Å². The van der Waals surface area contributed by atoms with Crippen molar-refractivity contribution in [1.29, 1.82) is 0 Å². The van der Waals surface area contributed by atoms with E-state index in [2.05, 4.69) is 11.8 Å². The van der Waals surface area contributed by atoms with Gasteiger partial charge in [0.25, 0.3) is 0 Å². The van der Waals surface area contributed by atoms with Crippen LogP contribution in [0.2, 0.25) is 0 Å². The van der Waals surface area contributed by atoms with Crippen LogP contribution in [0.5, 0.6) is 0 Å². The van der Waals surface area contributed by atoms with Gasteiger partial charge in [0.1, 0.15) is 0 Å². The minimum absolute atomic E-state index is 0.658. The van der Waals surface area contributed by atoms with Crippen LogP contribution in [0.15, 0.2) is 0 Å². The van der Waals surface area contributed by atoms with Crippen LogP contribution in [-0.4, -0.2) is 65.2 Å². The van der Waals surface area contributed by atoms with E-state index in [9.17, 15) is 0 Å². The van der Waals surface area contributed by atoms with Crippen molar-refractivity contribution in [2.24, 2.45) is 0 Å². The van der Waals surface area contributed by atoms with Crippen LogP contribution in [-0.2, 0) is 14.2 Å². The minimum atomic E-state index is 0.658. The summed E-state index contributed by atoms with van der Waals surface area (Å²) < 4.78 is 16.2. The van der Waals surface area contributed by atoms with Crippen molar-refractivity contribution < 1.29 is 14.2 Å². The van der Waals surface area contributed by atoms with Crippen LogP contribution in [0.3, 0.4) is 0 Å². The topological polar surface area (TPSA) is 30.9 Å². The zero-order valence-electron chi connectivity index (χ0n) is 11.7. The van der Waals surface area contributed by atoms with Gasteiger partial charge in [0.2, 0.25) is 0 Å². The van der Waals surface area contributed by atoms with Gasteiger partial charge in [0.15, 0.2) is 0 Å². The number of hydrogen-bond acceptors (Lipinski definition) is 4. The highest BCUT2D eigenvalue weighted by Crippen LogP contribution is 1.93. The second kappa shape index (κ2) is 13.9. The average Bonchev–Trinajstić information content (AvgIpc) is 2.30. The van der Waals surface area contributed by atoms with Gasteiger partial charge in [-0.3, -0.25) is 0 Å². The zero-order chi connectivity index (χ0) is 12.8. The molecule has 0 radical (unpaired) electrons. The van der Waals surface area contributed by atoms with E-state index >= 15 is 0 Å². The molecule has 0 aromatic rings. The van der Waals surface area contributed by atoms with Crippen LogP contribution >= 0.6 is 0 Å². The first kappa shape index (κ1) is 16.8. The molecule has 0 bridgehead atoms. The molecule has 0 saturated carbocycles. The summed E-state index contributed by atoms with van der Waals surface area (Å²) in [6, 6.07) is 0. The van der Waals surface area contributed by atoms with Crippen molar-refractivity contribution >= 4 is 0 Å². The van der Waals surface area contributed by atoms with Crippen LogP contribution in [0, 0.1) is 0 Å². The molecule has 0 fully saturated rings. The quantitative estimate of drug-likeness (QED) is 0.464. The normalized spacial score (nSPS) is 11.3. The molecule has 0 amide bonds. The molecular formula is C13H29NO3. The molecule has 0 aromatic heterocycles. The predicted molar refractivity (Wildman–Crippen MR) is 70.5 cm³/mol. The zero-order valence-corrected chi connectivity index (χ0v) is 11.7. The maximum absolute atomic E-state index is 5.42. The lowest BCUT2D eigenvalue weighted by Gasteiger charge is -2.10. The molecule has 17 heavy (non-hydrogen) atoms. The summed E-state index contributed by atoms with van der Waals surface area (Å²) in [6.45, 7) is 7.47. The van der Waals surface area contributed by atoms with Crippen molar-refractivity contribution in [3.63, 3.8) is 0 Å². The first-order valence-electron chi connectivity index (χ1n) is 6.65. The monoisotopic (exact) mass is 247 g/mol. The fourth-order valence-electron chi connectivity index (χ4n) is 1.24. The molecule has 0 atom stereocenters. The third kappa shape index (κ3) is 15.8. The number of rotatable bonds is 13. The number of nitrogens with zero attached hydrogens (tertiary/aromatic N) is 1. The van der Waals surface area contributed by atoms with E-state index in [1.807, 2.05) is 14.1 Å². The van der Waals surface area contributed by atoms with Crippen molar-refractivity contribution in [3.05, 3.63) is 0 Å². The summed E-state index contributed by atoms with van der Waals surface area (Å²) in [4.78, 5) is 2.10. The van der Waals surface area contributed by atoms with Crippen LogP contribution in [0.4, 0.5) is 0 Å². The number of unbranched alkanes of at least 4 members (excludes halogenated alkanes) is 2. The maximum Gasteiger partial charge on any atom is 0.0701 e. The van der Waals surface area contributed by atoms with Crippen molar-refractivity contribution in [2.75, 3.05) is 60.3 Å². The Kier molecular flexibility index (Phi) is 13.8. The molecule has 4 nitrogen and oxygen atoms in total. The molecule has 0 spiro atoms. The summed E-state index contributed by atoms with van der Waals surface area (Å²) in [5, 5.41) is 0. The van der Waals surface area contributed by atoms with E-state index in [4.69, 9.17) is 14.2 Å². The lowest BCUT2D eigenvalue weighted by molar-refractivity contribution is 0.0118. The molecule has 0 aliphatic carbocycles. The Labute approximate surface area is 106 Å². The Bertz CT molecular complexity index is 143. The van der Waals surface area contributed by atoms with Gasteiger partial charge in [-0.15, -0.1) is 0 Å². The van der Waals surface area contributed by atoms with Gasteiger partial charge in [0, 0.05) is 13.2 Å². The van der Waals surface area contributed by atoms with Crippen molar-refractivity contribution in [3.8, 4) is 0 Å². The Hall–Kier alpha value is -0.160. The van der Waals surface area contributed by atoms with Gasteiger partial charge >= 0.3 is 0 Å². The van der Waals surface area contributed by atoms with Gasteiger partial charge in [0.05, 0.1) is 33.0 Å². The molecule has 0 N–H and O–H groups in total. The molecule has 104 valence electrons. The van der Waals surface area contributed by atoms with Crippen LogP contribution < -0.4 is 0 Å². The van der Waals surface area contributed by atoms with Gasteiger partial charge in [-0.2, -0.15) is 0 Å². The average molecular weight is 247 g/mol. The van der Waals surface area contributed by atoms with E-state index in [1.54, 1.807) is 0 Å². The Morgan fingerprint density at radius 3 is 1.76 bits per heavy atom. The van der Waals surface area contributed by atoms with Gasteiger partial charge in [-0.05, 0) is 20.5 Å². The smallest absolute Gasteiger partial charge is 0.0701 e. The second-order valence-corrected chi connectivity index (χ2v) is 4.35. The molecule has 4 heteroatoms. The SMILES string of the molecule is CCCCCOCCOCCOCCN(C)C. The van der Waals surface area contributed by atoms with E-state index in [0.29, 0.717) is 26.4 Å². The highest BCUT2D eigenvalue weighted by molar-refractivity contribution is 4.40. The highest BCUT2D eigenvalue weighted by atomic mass is 16.5. The minimum Gasteiger partial charge on any atom is -0.379 e. The highest BCUT2D eigenvalue weighted by Gasteiger charge is 1.93. The first-order valence-corrected chi connectivity index (χ1v) is 6.65. The molecule has 0 rings (SSSR count). The molecule has 0 saturated heterocycles. The summed E-state index contributed by atoms with van der Waals surface area (Å²) in [5.41, 5.74) is 0. The fraction of sp³-hybridized carbons (Fsp3) is 1.00. The largest absolute Gasteiger partial charge is 0.379 e. The molecule has 0 aliphatic heterocycles. The van der Waals surface area contributed by atoms with Crippen molar-refractivity contribution in [2.45, 2.75) is 26.2 Å². The third-order valence-corrected chi connectivity index (χ3v) is 2.32. The molecule has 0 unspecified atom stereocenters. The first-order chi connectivity index (χ1) is 8.27. The van der Waals surface area contributed by atoms with E-state index < -0.39 is 0 Å². The summed E-state index contributed by atoms with van der Waals surface area (Å²) >= 11 is 0. The number of ether oxygens (including phenoxy) is 3. The number of likely N-dealkylation sites (N-methyl/N-ethyl adjacent to an activating group) is 1. The fourth-order valence-corrected chi connectivity index (χ4v) is 1.24. The van der Waals surface area contributed by atoms with Crippen LogP contribution in [0.25, 0.3) is 0 Å². The number of hydrogen-bond donors (Lipinski definition) is 0. The molecule has 0 heterocycles. The Balaban J connectivity index is 2.89. The summed E-state index contributed by atoms with van der Waals surface area (Å²) in [7, 11) is 4.07. The van der Waals surface area contributed by atoms with Crippen LogP contribution in [0.1, 0.15) is 26.2 Å². The lowest BCUT2D eigenvalue weighted by atomic mass is 10.3. The van der Waals surface area contributed by atoms with E-state index in [0.717, 1.165) is 26.2 Å². The summed E-state index contributed by atoms with van der Waals surface area (Å²) in [5.74, 6) is 0. The van der Waals surface area contributed by atoms with Crippen molar-refractivity contribution in [1.82, 2.24) is 4.90 Å². The van der Waals surface area contributed by atoms with Gasteiger partial charge in [-0.1, -0.05) is 19.8 Å². The molecular weight excluding hydrogens is 218 g/mol. The molecule has 0 aromatic carbocycles. The summed E-state index contributed by atoms with van der Waals surface area (Å²) in [6.07, 6.45) is 3.65. The lowest BCUT2D eigenvalue weighted by Crippen LogP contribution is -2.19. The predicted octanol–water partition coefficient (Wildman–Crippen LogP) is 1.79. The van der Waals surface area contributed by atoms with Gasteiger partial charge in [-0.25, -0.2) is 0 Å². The molecule has 0 aliphatic rings. The maximum atomic E-state index is 5.42. The Morgan fingerprint density at radius 1 is 0.706 bits per heavy atom. The standard InChI is InChI=1S/C13H29NO3/c1-4-5-6-8-15-10-12-17-13-11-16-9-7-14(2)3/h4-13H2,1-3H3. The second-order valence-electron chi connectivity index (χ2n) is 4.35.